The van der Waals surface area contributed by atoms with Crippen LogP contribution in [-0.2, 0) is 11.2 Å². The van der Waals surface area contributed by atoms with Gasteiger partial charge in [0.2, 0.25) is 0 Å². The van der Waals surface area contributed by atoms with Crippen LogP contribution in [0.3, 0.4) is 0 Å². The molecule has 1 fully saturated rings. The minimum atomic E-state index is -0.549. The highest BCUT2D eigenvalue weighted by Gasteiger charge is 2.40. The molecule has 0 bridgehead atoms. The van der Waals surface area contributed by atoms with Gasteiger partial charge in [-0.15, -0.1) is 0 Å². The number of methoxy groups -OCH3 is 1. The summed E-state index contributed by atoms with van der Waals surface area (Å²) in [7, 11) is 1.66. The molecule has 1 saturated carbocycles. The van der Waals surface area contributed by atoms with Crippen molar-refractivity contribution in [2.45, 2.75) is 43.8 Å². The molecular formula is C14H18BrFO2. The molecule has 2 nitrogen and oxygen atoms in total. The van der Waals surface area contributed by atoms with Crippen molar-refractivity contribution < 1.29 is 14.2 Å². The van der Waals surface area contributed by atoms with Crippen molar-refractivity contribution in [2.24, 2.45) is 0 Å². The summed E-state index contributed by atoms with van der Waals surface area (Å²) in [4.78, 5) is 0. The monoisotopic (exact) mass is 316 g/mol. The van der Waals surface area contributed by atoms with Crippen LogP contribution in [-0.4, -0.2) is 23.9 Å². The van der Waals surface area contributed by atoms with Crippen molar-refractivity contribution >= 4 is 15.9 Å². The maximum absolute atomic E-state index is 13.0. The lowest BCUT2D eigenvalue weighted by Crippen LogP contribution is -2.42. The summed E-state index contributed by atoms with van der Waals surface area (Å²) in [5.41, 5.74) is 0.487. The first-order chi connectivity index (χ1) is 8.57. The van der Waals surface area contributed by atoms with E-state index in [9.17, 15) is 9.50 Å². The fraction of sp³-hybridized carbons (Fsp3) is 0.571. The van der Waals surface area contributed by atoms with Crippen molar-refractivity contribution in [3.63, 3.8) is 0 Å². The van der Waals surface area contributed by atoms with Gasteiger partial charge in [0.15, 0.2) is 0 Å². The number of hydrogen-bond acceptors (Lipinski definition) is 2. The first-order valence-corrected chi connectivity index (χ1v) is 7.04. The van der Waals surface area contributed by atoms with Gasteiger partial charge in [0.1, 0.15) is 5.82 Å². The van der Waals surface area contributed by atoms with Crippen LogP contribution in [0.5, 0.6) is 0 Å². The van der Waals surface area contributed by atoms with Crippen molar-refractivity contribution in [1.82, 2.24) is 0 Å². The van der Waals surface area contributed by atoms with Gasteiger partial charge in [0, 0.05) is 18.0 Å². The average molecular weight is 317 g/mol. The highest BCUT2D eigenvalue weighted by atomic mass is 79.9. The van der Waals surface area contributed by atoms with E-state index in [2.05, 4.69) is 15.9 Å². The molecular weight excluding hydrogens is 299 g/mol. The van der Waals surface area contributed by atoms with Gasteiger partial charge < -0.3 is 9.84 Å². The van der Waals surface area contributed by atoms with Crippen LogP contribution in [0.4, 0.5) is 4.39 Å². The topological polar surface area (TPSA) is 29.5 Å². The lowest BCUT2D eigenvalue weighted by atomic mass is 9.90. The van der Waals surface area contributed by atoms with Crippen LogP contribution in [0.2, 0.25) is 0 Å². The molecule has 1 aliphatic rings. The van der Waals surface area contributed by atoms with E-state index in [1.165, 1.54) is 12.1 Å². The number of halogens is 2. The molecule has 1 unspecified atom stereocenters. The third-order valence-electron chi connectivity index (χ3n) is 3.89. The predicted molar refractivity (Wildman–Crippen MR) is 72.0 cm³/mol. The largest absolute Gasteiger partial charge is 0.390 e. The SMILES string of the molecule is COC1(C(O)Cc2ccc(F)cc2Br)CCCC1. The molecule has 0 aromatic heterocycles. The first kappa shape index (κ1) is 14.0. The predicted octanol–water partition coefficient (Wildman–Crippen LogP) is 3.45. The van der Waals surface area contributed by atoms with Crippen molar-refractivity contribution in [1.29, 1.82) is 0 Å². The Morgan fingerprint density at radius 3 is 2.67 bits per heavy atom. The van der Waals surface area contributed by atoms with E-state index in [1.807, 2.05) is 0 Å². The highest BCUT2D eigenvalue weighted by Crippen LogP contribution is 2.37. The molecule has 1 atom stereocenters. The second-order valence-electron chi connectivity index (χ2n) is 4.93. The van der Waals surface area contributed by atoms with Gasteiger partial charge in [-0.3, -0.25) is 0 Å². The van der Waals surface area contributed by atoms with Crippen LogP contribution in [0.15, 0.2) is 22.7 Å². The molecule has 1 aliphatic carbocycles. The van der Waals surface area contributed by atoms with Crippen LogP contribution in [0, 0.1) is 5.82 Å². The maximum Gasteiger partial charge on any atom is 0.124 e. The van der Waals surface area contributed by atoms with E-state index < -0.39 is 11.7 Å². The van der Waals surface area contributed by atoms with Crippen LogP contribution < -0.4 is 0 Å². The quantitative estimate of drug-likeness (QED) is 0.922. The summed E-state index contributed by atoms with van der Waals surface area (Å²) >= 11 is 3.33. The Labute approximate surface area is 115 Å². The number of hydrogen-bond donors (Lipinski definition) is 1. The summed E-state index contributed by atoms with van der Waals surface area (Å²) < 4.78 is 19.3. The molecule has 1 aromatic rings. The van der Waals surface area contributed by atoms with Crippen molar-refractivity contribution in [2.75, 3.05) is 7.11 Å². The Hall–Kier alpha value is -0.450. The smallest absolute Gasteiger partial charge is 0.124 e. The summed E-state index contributed by atoms with van der Waals surface area (Å²) in [6.07, 6.45) is 3.90. The number of ether oxygens (including phenoxy) is 1. The van der Waals surface area contributed by atoms with Gasteiger partial charge in [-0.2, -0.15) is 0 Å². The summed E-state index contributed by atoms with van der Waals surface area (Å²) in [5.74, 6) is -0.276. The van der Waals surface area contributed by atoms with Crippen LogP contribution >= 0.6 is 15.9 Å². The van der Waals surface area contributed by atoms with Gasteiger partial charge in [-0.25, -0.2) is 4.39 Å². The third kappa shape index (κ3) is 2.76. The minimum Gasteiger partial charge on any atom is -0.390 e. The summed E-state index contributed by atoms with van der Waals surface area (Å²) in [6, 6.07) is 4.55. The van der Waals surface area contributed by atoms with Gasteiger partial charge in [-0.05, 0) is 30.5 Å². The minimum absolute atomic E-state index is 0.276. The Morgan fingerprint density at radius 1 is 1.44 bits per heavy atom. The van der Waals surface area contributed by atoms with E-state index >= 15 is 0 Å². The third-order valence-corrected chi connectivity index (χ3v) is 4.63. The number of benzene rings is 1. The lowest BCUT2D eigenvalue weighted by Gasteiger charge is -2.33. The summed E-state index contributed by atoms with van der Waals surface area (Å²) in [6.45, 7) is 0. The van der Waals surface area contributed by atoms with Gasteiger partial charge in [-0.1, -0.05) is 34.8 Å². The van der Waals surface area contributed by atoms with Crippen LogP contribution in [0.25, 0.3) is 0 Å². The van der Waals surface area contributed by atoms with Gasteiger partial charge in [0.25, 0.3) is 0 Å². The van der Waals surface area contributed by atoms with Crippen molar-refractivity contribution in [3.8, 4) is 0 Å². The first-order valence-electron chi connectivity index (χ1n) is 6.24. The maximum atomic E-state index is 13.0. The van der Waals surface area contributed by atoms with E-state index in [0.29, 0.717) is 10.9 Å². The lowest BCUT2D eigenvalue weighted by molar-refractivity contribution is -0.0971. The zero-order valence-corrected chi connectivity index (χ0v) is 12.0. The molecule has 0 amide bonds. The van der Waals surface area contributed by atoms with Gasteiger partial charge >= 0.3 is 0 Å². The molecule has 0 saturated heterocycles. The Kier molecular flexibility index (Phi) is 4.41. The zero-order chi connectivity index (χ0) is 13.2. The Morgan fingerprint density at radius 2 is 2.11 bits per heavy atom. The fourth-order valence-electron chi connectivity index (χ4n) is 2.73. The van der Waals surface area contributed by atoms with E-state index in [0.717, 1.165) is 31.2 Å². The van der Waals surface area contributed by atoms with E-state index in [4.69, 9.17) is 4.74 Å². The molecule has 1 aromatic carbocycles. The molecule has 0 spiro atoms. The number of aliphatic hydroxyl groups excluding tert-OH is 1. The molecule has 0 aliphatic heterocycles. The highest BCUT2D eigenvalue weighted by molar-refractivity contribution is 9.10. The van der Waals surface area contributed by atoms with Gasteiger partial charge in [0.05, 0.1) is 11.7 Å². The average Bonchev–Trinajstić information content (AvgIpc) is 2.82. The number of rotatable bonds is 4. The summed E-state index contributed by atoms with van der Waals surface area (Å²) in [5, 5.41) is 10.4. The van der Waals surface area contributed by atoms with Crippen LogP contribution in [0.1, 0.15) is 31.2 Å². The van der Waals surface area contributed by atoms with Crippen molar-refractivity contribution in [3.05, 3.63) is 34.1 Å². The fourth-order valence-corrected chi connectivity index (χ4v) is 3.24. The molecule has 100 valence electrons. The second kappa shape index (κ2) is 5.68. The Balaban J connectivity index is 2.12. The molecule has 2 rings (SSSR count). The molecule has 18 heavy (non-hydrogen) atoms. The molecule has 1 N–H and O–H groups in total. The Bertz CT molecular complexity index is 416. The van der Waals surface area contributed by atoms with E-state index in [-0.39, 0.29) is 5.82 Å². The molecule has 4 heteroatoms. The molecule has 0 radical (unpaired) electrons. The molecule has 0 heterocycles. The standard InChI is InChI=1S/C14H18BrFO2/c1-18-14(6-2-3-7-14)13(17)8-10-4-5-11(16)9-12(10)15/h4-5,9,13,17H,2-3,6-8H2,1H3. The second-order valence-corrected chi connectivity index (χ2v) is 5.79. The zero-order valence-electron chi connectivity index (χ0n) is 10.5. The normalized spacial score (nSPS) is 20.0. The number of aliphatic hydroxyl groups is 1. The van der Waals surface area contributed by atoms with E-state index in [1.54, 1.807) is 13.2 Å².